The van der Waals surface area contributed by atoms with Crippen LogP contribution in [-0.4, -0.2) is 88.8 Å². The fourth-order valence-corrected chi connectivity index (χ4v) is 2.28. The Labute approximate surface area is 343 Å². The number of ketones is 6. The molecule has 0 bridgehead atoms. The SMILES string of the molecule is CC(C)(C)C(=O)[CH-]C(=O)C(F)(F)C(F)(F)C(F)(F)F.CC(C)(C)C(=O)[CH-]C(=O)C(F)(F)C(F)(F)C(F)(F)F.CC(C)(C)C(=O)[CH-]C(=O)C(F)(F)C(F)(F)C(F)(F)F.[Lu+3]. The molecule has 0 heterocycles. The molecule has 0 aromatic carbocycles. The minimum atomic E-state index is -6.61. The van der Waals surface area contributed by atoms with Crippen LogP contribution in [0.15, 0.2) is 0 Å². The number of carbonyl (C=O) groups excluding carboxylic acids is 6. The van der Waals surface area contributed by atoms with Crippen LogP contribution in [0.4, 0.5) is 92.2 Å². The fourth-order valence-electron chi connectivity index (χ4n) is 2.28. The Morgan fingerprint density at radius 2 is 0.397 bits per heavy atom. The predicted octanol–water partition coefficient (Wildman–Crippen LogP) is 9.62. The summed E-state index contributed by atoms with van der Waals surface area (Å²) < 4.78 is 258. The molecule has 0 aliphatic rings. The minimum Gasteiger partial charge on any atom is -0.333 e. The maximum Gasteiger partial charge on any atom is 3.00 e. The third-order valence-corrected chi connectivity index (χ3v) is 6.18. The Kier molecular flexibility index (Phi) is 20.3. The van der Waals surface area contributed by atoms with Crippen LogP contribution < -0.4 is 0 Å². The van der Waals surface area contributed by atoms with Gasteiger partial charge in [0.25, 0.3) is 0 Å². The van der Waals surface area contributed by atoms with Gasteiger partial charge in [0.05, 0.1) is 17.3 Å². The van der Waals surface area contributed by atoms with E-state index in [1.54, 1.807) is 0 Å². The fraction of sp³-hybridized carbons (Fsp3) is 0.700. The Morgan fingerprint density at radius 1 is 0.276 bits per heavy atom. The molecule has 0 fully saturated rings. The maximum atomic E-state index is 12.8. The van der Waals surface area contributed by atoms with Gasteiger partial charge in [-0.2, -0.15) is 92.2 Å². The average molecular weight is 1060 g/mol. The second-order valence-electron chi connectivity index (χ2n) is 14.3. The summed E-state index contributed by atoms with van der Waals surface area (Å²) in [5.41, 5.74) is -4.09. The Bertz CT molecular complexity index is 1310. The molecule has 0 N–H and O–H groups in total. The van der Waals surface area contributed by atoms with Crippen LogP contribution in [0, 0.1) is 72.4 Å². The second kappa shape index (κ2) is 19.0. The van der Waals surface area contributed by atoms with E-state index < -0.39 is 124 Å². The number of Topliss-reactive ketones (excluding diaryl/α,β-unsaturated/α-hetero) is 6. The van der Waals surface area contributed by atoms with E-state index in [9.17, 15) is 121 Å². The molecule has 58 heavy (non-hydrogen) atoms. The first-order chi connectivity index (χ1) is 24.1. The van der Waals surface area contributed by atoms with Crippen molar-refractivity contribution in [1.29, 1.82) is 0 Å². The van der Waals surface area contributed by atoms with E-state index >= 15 is 0 Å². The van der Waals surface area contributed by atoms with Gasteiger partial charge in [-0.25, -0.2) is 0 Å². The van der Waals surface area contributed by atoms with E-state index in [0.717, 1.165) is 0 Å². The van der Waals surface area contributed by atoms with Crippen molar-refractivity contribution in [3.8, 4) is 0 Å². The van der Waals surface area contributed by atoms with Crippen LogP contribution in [0.2, 0.25) is 0 Å². The van der Waals surface area contributed by atoms with Gasteiger partial charge in [-0.3, -0.25) is 19.3 Å². The van der Waals surface area contributed by atoms with Gasteiger partial charge in [0.15, 0.2) is 0 Å². The first kappa shape index (κ1) is 62.0. The van der Waals surface area contributed by atoms with Crippen LogP contribution >= 0.6 is 0 Å². The molecule has 0 amide bonds. The van der Waals surface area contributed by atoms with E-state index in [2.05, 4.69) is 0 Å². The molecule has 0 aliphatic carbocycles. The standard InChI is InChI=1S/3C10H10F7O2.Lu/c3*1-7(2,3)5(18)4-6(19)8(11,12)9(13,14)10(15,16)17;/h3*4H,1-3H3;/q3*-1;+3. The van der Waals surface area contributed by atoms with Crippen LogP contribution in [-0.2, 0) is 28.8 Å². The van der Waals surface area contributed by atoms with Crippen molar-refractivity contribution in [2.24, 2.45) is 16.2 Å². The number of carbonyl (C=O) groups is 6. The average Bonchev–Trinajstić information content (AvgIpc) is 2.93. The summed E-state index contributed by atoms with van der Waals surface area (Å²) in [6, 6.07) is 0. The van der Waals surface area contributed by atoms with E-state index in [1.165, 1.54) is 62.3 Å². The molecule has 28 heteroatoms. The molecular formula is C30H30F21LuO6. The molecule has 0 aromatic rings. The number of hydrogen-bond acceptors (Lipinski definition) is 6. The smallest absolute Gasteiger partial charge is 0.333 e. The molecular weight excluding hydrogens is 1030 g/mol. The van der Waals surface area contributed by atoms with Gasteiger partial charge in [0.1, 0.15) is 0 Å². The largest absolute Gasteiger partial charge is 3.00 e. The van der Waals surface area contributed by atoms with Crippen LogP contribution in [0.1, 0.15) is 62.3 Å². The quantitative estimate of drug-likeness (QED) is 0.110. The third kappa shape index (κ3) is 14.8. The monoisotopic (exact) mass is 1060 g/mol. The van der Waals surface area contributed by atoms with E-state index in [-0.39, 0.29) is 36.9 Å². The molecule has 0 rings (SSSR count). The van der Waals surface area contributed by atoms with E-state index in [1.807, 2.05) is 0 Å². The molecule has 0 aliphatic heterocycles. The zero-order chi connectivity index (χ0) is 47.6. The van der Waals surface area contributed by atoms with Crippen LogP contribution in [0.3, 0.4) is 0 Å². The number of rotatable bonds is 12. The molecule has 0 aromatic heterocycles. The molecule has 0 spiro atoms. The molecule has 0 radical (unpaired) electrons. The van der Waals surface area contributed by atoms with Crippen molar-refractivity contribution in [2.45, 2.75) is 116 Å². The summed E-state index contributed by atoms with van der Waals surface area (Å²) in [6.45, 7) is 10.6. The first-order valence-electron chi connectivity index (χ1n) is 14.4. The van der Waals surface area contributed by atoms with Crippen molar-refractivity contribution >= 4 is 34.7 Å². The Hall–Kier alpha value is -2.61. The summed E-state index contributed by atoms with van der Waals surface area (Å²) in [7, 11) is 0. The van der Waals surface area contributed by atoms with Crippen LogP contribution in [0.5, 0.6) is 0 Å². The van der Waals surface area contributed by atoms with Crippen LogP contribution in [0.25, 0.3) is 0 Å². The maximum absolute atomic E-state index is 12.8. The zero-order valence-corrected chi connectivity index (χ0v) is 32.0. The first-order valence-corrected chi connectivity index (χ1v) is 14.4. The summed E-state index contributed by atoms with van der Waals surface area (Å²) in [6.07, 6.45) is -21.1. The van der Waals surface area contributed by atoms with Gasteiger partial charge in [0, 0.05) is 17.3 Å². The summed E-state index contributed by atoms with van der Waals surface area (Å²) in [5, 5.41) is 0. The zero-order valence-electron chi connectivity index (χ0n) is 30.4. The van der Waals surface area contributed by atoms with Crippen molar-refractivity contribution in [3.63, 3.8) is 0 Å². The van der Waals surface area contributed by atoms with Crippen molar-refractivity contribution in [3.05, 3.63) is 19.3 Å². The minimum absolute atomic E-state index is 0. The molecule has 348 valence electrons. The summed E-state index contributed by atoms with van der Waals surface area (Å²) >= 11 is 0. The van der Waals surface area contributed by atoms with Gasteiger partial charge in [-0.05, 0) is 16.2 Å². The molecule has 6 nitrogen and oxygen atoms in total. The Balaban J connectivity index is -0.000000374. The molecule has 0 saturated carbocycles. The third-order valence-electron chi connectivity index (χ3n) is 6.18. The van der Waals surface area contributed by atoms with Crippen molar-refractivity contribution < 1.29 is 158 Å². The van der Waals surface area contributed by atoms with Crippen molar-refractivity contribution in [2.75, 3.05) is 0 Å². The number of halogens is 21. The summed E-state index contributed by atoms with van der Waals surface area (Å²) in [4.78, 5) is 65.9. The van der Waals surface area contributed by atoms with Gasteiger partial charge in [0.2, 0.25) is 0 Å². The predicted molar refractivity (Wildman–Crippen MR) is 149 cm³/mol. The van der Waals surface area contributed by atoms with E-state index in [4.69, 9.17) is 0 Å². The van der Waals surface area contributed by atoms with Gasteiger partial charge >= 0.3 is 90.9 Å². The van der Waals surface area contributed by atoms with Gasteiger partial charge < -0.3 is 28.8 Å². The summed E-state index contributed by atoms with van der Waals surface area (Å²) in [5.74, 6) is -50.2. The number of alkyl halides is 21. The number of hydrogen-bond donors (Lipinski definition) is 0. The van der Waals surface area contributed by atoms with Crippen molar-refractivity contribution in [1.82, 2.24) is 0 Å². The molecule has 0 saturated heterocycles. The normalized spacial score (nSPS) is 14.0. The molecule has 0 atom stereocenters. The van der Waals surface area contributed by atoms with Gasteiger partial charge in [-0.1, -0.05) is 62.3 Å². The topological polar surface area (TPSA) is 102 Å². The van der Waals surface area contributed by atoms with E-state index in [0.29, 0.717) is 0 Å². The second-order valence-corrected chi connectivity index (χ2v) is 14.3. The van der Waals surface area contributed by atoms with Gasteiger partial charge in [-0.15, -0.1) is 0 Å². The Morgan fingerprint density at radius 3 is 0.483 bits per heavy atom. The molecule has 0 unspecified atom stereocenters.